The number of carbonyl (C=O) groups excluding carboxylic acids is 1. The van der Waals surface area contributed by atoms with Crippen LogP contribution in [0.25, 0.3) is 0 Å². The molecule has 1 amide bonds. The van der Waals surface area contributed by atoms with E-state index >= 15 is 0 Å². The molecule has 1 atom stereocenters. The summed E-state index contributed by atoms with van der Waals surface area (Å²) >= 11 is 0. The highest BCUT2D eigenvalue weighted by Crippen LogP contribution is 2.05. The summed E-state index contributed by atoms with van der Waals surface area (Å²) in [5, 5.41) is 5.39. The minimum absolute atomic E-state index is 0.0544. The maximum Gasteiger partial charge on any atom is 0.248 e. The third-order valence-electron chi connectivity index (χ3n) is 1.66. The molecule has 0 spiro atoms. The average molecular weight is 184 g/mol. The highest BCUT2D eigenvalue weighted by Gasteiger charge is 2.21. The Morgan fingerprint density at radius 2 is 2.23 bits per heavy atom. The third-order valence-corrected chi connectivity index (χ3v) is 1.66. The van der Waals surface area contributed by atoms with E-state index in [1.807, 2.05) is 0 Å². The lowest BCUT2D eigenvalue weighted by Crippen LogP contribution is -2.36. The molecular formula is C9H16N2O2. The predicted molar refractivity (Wildman–Crippen MR) is 52.2 cm³/mol. The maximum absolute atomic E-state index is 11.3. The summed E-state index contributed by atoms with van der Waals surface area (Å²) in [4.78, 5) is 21.5. The molecule has 0 aromatic heterocycles. The van der Waals surface area contributed by atoms with Crippen molar-refractivity contribution in [1.29, 1.82) is 0 Å². The highest BCUT2D eigenvalue weighted by atomic mass is 16.3. The molecule has 0 rings (SSSR count). The molecule has 13 heavy (non-hydrogen) atoms. The smallest absolute Gasteiger partial charge is 0.248 e. The Kier molecular flexibility index (Phi) is 5.76. The second-order valence-corrected chi connectivity index (χ2v) is 3.16. The van der Waals surface area contributed by atoms with Gasteiger partial charge in [0.05, 0.1) is 0 Å². The van der Waals surface area contributed by atoms with Crippen LogP contribution in [-0.2, 0) is 4.79 Å². The first-order chi connectivity index (χ1) is 6.13. The summed E-state index contributed by atoms with van der Waals surface area (Å²) < 4.78 is 0. The molecule has 0 heterocycles. The minimum Gasteiger partial charge on any atom is -0.354 e. The Balaban J connectivity index is 3.91. The Hall–Kier alpha value is -1.19. The number of rotatable bonds is 6. The fourth-order valence-corrected chi connectivity index (χ4v) is 0.874. The molecule has 0 bridgehead atoms. The Morgan fingerprint density at radius 3 is 2.62 bits per heavy atom. The Morgan fingerprint density at radius 1 is 1.62 bits per heavy atom. The van der Waals surface area contributed by atoms with E-state index in [1.54, 1.807) is 19.9 Å². The molecule has 1 N–H and O–H groups in total. The van der Waals surface area contributed by atoms with E-state index < -0.39 is 6.04 Å². The van der Waals surface area contributed by atoms with Crippen molar-refractivity contribution in [2.75, 3.05) is 6.54 Å². The Bertz CT molecular complexity index is 190. The van der Waals surface area contributed by atoms with Crippen molar-refractivity contribution < 1.29 is 4.79 Å². The topological polar surface area (TPSA) is 58.5 Å². The lowest BCUT2D eigenvalue weighted by molar-refractivity contribution is -0.123. The lowest BCUT2D eigenvalue weighted by atomic mass is 10.1. The van der Waals surface area contributed by atoms with Crippen molar-refractivity contribution in [2.24, 2.45) is 11.1 Å². The molecule has 0 aromatic rings. The zero-order chi connectivity index (χ0) is 10.3. The van der Waals surface area contributed by atoms with Crippen LogP contribution >= 0.6 is 0 Å². The van der Waals surface area contributed by atoms with Gasteiger partial charge in [0.2, 0.25) is 5.91 Å². The van der Waals surface area contributed by atoms with Gasteiger partial charge in [0.1, 0.15) is 0 Å². The van der Waals surface area contributed by atoms with Crippen LogP contribution in [0.2, 0.25) is 0 Å². The van der Waals surface area contributed by atoms with Gasteiger partial charge in [0.15, 0.2) is 6.04 Å². The van der Waals surface area contributed by atoms with Gasteiger partial charge in [-0.3, -0.25) is 4.79 Å². The largest absolute Gasteiger partial charge is 0.354 e. The van der Waals surface area contributed by atoms with Gasteiger partial charge < -0.3 is 5.32 Å². The van der Waals surface area contributed by atoms with Crippen LogP contribution in [0.5, 0.6) is 0 Å². The van der Waals surface area contributed by atoms with E-state index in [4.69, 9.17) is 0 Å². The van der Waals surface area contributed by atoms with Gasteiger partial charge in [-0.25, -0.2) is 0 Å². The minimum atomic E-state index is -0.773. The first kappa shape index (κ1) is 11.8. The number of amides is 1. The molecular weight excluding hydrogens is 168 g/mol. The van der Waals surface area contributed by atoms with Crippen molar-refractivity contribution in [3.63, 3.8) is 0 Å². The number of nitroso groups, excluding NO2 is 1. The van der Waals surface area contributed by atoms with E-state index in [9.17, 15) is 9.70 Å². The van der Waals surface area contributed by atoms with Crippen molar-refractivity contribution in [3.8, 4) is 0 Å². The van der Waals surface area contributed by atoms with Crippen LogP contribution in [0.4, 0.5) is 0 Å². The first-order valence-corrected chi connectivity index (χ1v) is 4.34. The van der Waals surface area contributed by atoms with Crippen LogP contribution < -0.4 is 5.32 Å². The molecule has 0 aliphatic carbocycles. The lowest BCUT2D eigenvalue weighted by Gasteiger charge is -2.11. The molecule has 0 aromatic carbocycles. The van der Waals surface area contributed by atoms with Gasteiger partial charge in [-0.05, 0) is 12.3 Å². The van der Waals surface area contributed by atoms with E-state index in [0.29, 0.717) is 13.0 Å². The normalized spacial score (nSPS) is 12.2. The molecule has 0 fully saturated rings. The van der Waals surface area contributed by atoms with Crippen LogP contribution in [0, 0.1) is 10.8 Å². The van der Waals surface area contributed by atoms with Crippen molar-refractivity contribution in [3.05, 3.63) is 17.6 Å². The molecule has 1 unspecified atom stereocenters. The summed E-state index contributed by atoms with van der Waals surface area (Å²) in [7, 11) is 0. The molecule has 0 aliphatic rings. The zero-order valence-electron chi connectivity index (χ0n) is 8.12. The first-order valence-electron chi connectivity index (χ1n) is 4.34. The fourth-order valence-electron chi connectivity index (χ4n) is 0.874. The van der Waals surface area contributed by atoms with Crippen LogP contribution in [-0.4, -0.2) is 18.5 Å². The molecule has 0 radical (unpaired) electrons. The van der Waals surface area contributed by atoms with Gasteiger partial charge in [-0.2, -0.15) is 0 Å². The summed E-state index contributed by atoms with van der Waals surface area (Å²) in [6.07, 6.45) is 2.41. The molecule has 0 saturated carbocycles. The summed E-state index contributed by atoms with van der Waals surface area (Å²) in [6, 6.07) is -0.773. The number of hydrogen-bond acceptors (Lipinski definition) is 3. The van der Waals surface area contributed by atoms with E-state index in [-0.39, 0.29) is 11.8 Å². The van der Waals surface area contributed by atoms with E-state index in [0.717, 1.165) is 0 Å². The summed E-state index contributed by atoms with van der Waals surface area (Å²) in [5.41, 5.74) is 0. The van der Waals surface area contributed by atoms with Gasteiger partial charge in [-0.1, -0.05) is 25.1 Å². The number of nitrogens with zero attached hydrogens (tertiary/aromatic N) is 1. The van der Waals surface area contributed by atoms with Crippen molar-refractivity contribution >= 4 is 5.91 Å². The number of carbonyl (C=O) groups is 1. The van der Waals surface area contributed by atoms with Crippen LogP contribution in [0.1, 0.15) is 20.3 Å². The van der Waals surface area contributed by atoms with Gasteiger partial charge in [-0.15, -0.1) is 11.5 Å². The number of hydrogen-bond donors (Lipinski definition) is 1. The van der Waals surface area contributed by atoms with Crippen molar-refractivity contribution in [2.45, 2.75) is 26.3 Å². The van der Waals surface area contributed by atoms with Gasteiger partial charge in [0, 0.05) is 6.54 Å². The van der Waals surface area contributed by atoms with E-state index in [2.05, 4.69) is 17.1 Å². The molecule has 0 aliphatic heterocycles. The van der Waals surface area contributed by atoms with Crippen LogP contribution in [0.3, 0.4) is 0 Å². The third kappa shape index (κ3) is 4.40. The standard InChI is InChI=1S/C9H16N2O2/c1-4-5-6-10-9(12)8(11-13)7(2)3/h4,7-8H,1,5-6H2,2-3H3,(H,10,12). The van der Waals surface area contributed by atoms with Crippen molar-refractivity contribution in [1.82, 2.24) is 5.32 Å². The average Bonchev–Trinajstić information content (AvgIpc) is 2.05. The molecule has 0 saturated heterocycles. The van der Waals surface area contributed by atoms with Gasteiger partial charge >= 0.3 is 0 Å². The van der Waals surface area contributed by atoms with Crippen LogP contribution in [0.15, 0.2) is 17.8 Å². The predicted octanol–water partition coefficient (Wildman–Crippen LogP) is 1.47. The monoisotopic (exact) mass is 184 g/mol. The second-order valence-electron chi connectivity index (χ2n) is 3.16. The van der Waals surface area contributed by atoms with E-state index in [1.165, 1.54) is 0 Å². The Labute approximate surface area is 78.4 Å². The molecule has 4 nitrogen and oxygen atoms in total. The maximum atomic E-state index is 11.3. The van der Waals surface area contributed by atoms with Gasteiger partial charge in [0.25, 0.3) is 0 Å². The quantitative estimate of drug-likeness (QED) is 0.386. The highest BCUT2D eigenvalue weighted by molar-refractivity contribution is 5.82. The SMILES string of the molecule is C=CCCNC(=O)C(N=O)C(C)C. The molecule has 74 valence electrons. The molecule has 4 heteroatoms. The fraction of sp³-hybridized carbons (Fsp3) is 0.667. The zero-order valence-corrected chi connectivity index (χ0v) is 8.12. The summed E-state index contributed by atoms with van der Waals surface area (Å²) in [6.45, 7) is 7.62. The second kappa shape index (κ2) is 6.34. The summed E-state index contributed by atoms with van der Waals surface area (Å²) in [5.74, 6) is -0.354. The number of nitrogens with one attached hydrogen (secondary N) is 1.